The van der Waals surface area contributed by atoms with Gasteiger partial charge in [0.25, 0.3) is 0 Å². The average Bonchev–Trinajstić information content (AvgIpc) is 2.47. The Morgan fingerprint density at radius 3 is 2.30 bits per heavy atom. The lowest BCUT2D eigenvalue weighted by atomic mass is 10.1. The second-order valence-corrected chi connectivity index (χ2v) is 5.52. The second kappa shape index (κ2) is 7.28. The van der Waals surface area contributed by atoms with E-state index in [9.17, 15) is 0 Å². The van der Waals surface area contributed by atoms with Crippen LogP contribution in [0.1, 0.15) is 45.1 Å². The van der Waals surface area contributed by atoms with E-state index in [2.05, 4.69) is 56.0 Å². The normalized spacial score (nSPS) is 10.9. The summed E-state index contributed by atoms with van der Waals surface area (Å²) in [6.45, 7) is 8.91. The van der Waals surface area contributed by atoms with Crippen LogP contribution in [0.3, 0.4) is 0 Å². The van der Waals surface area contributed by atoms with E-state index in [1.54, 1.807) is 0 Å². The van der Waals surface area contributed by atoms with E-state index in [0.29, 0.717) is 0 Å². The molecule has 0 atom stereocenters. The molecule has 0 radical (unpaired) electrons. The van der Waals surface area contributed by atoms with Crippen molar-refractivity contribution >= 4 is 16.7 Å². The molecule has 0 aliphatic carbocycles. The standard InChI is InChI=1S/C18H26N2/c1-4-6-12-20(13-7-5-2)18-15(3)14-16-10-8-9-11-17(16)19-18/h8-11,14H,4-7,12-13H2,1-3H3. The Bertz CT molecular complexity index is 540. The number of benzene rings is 1. The van der Waals surface area contributed by atoms with Crippen molar-refractivity contribution in [3.63, 3.8) is 0 Å². The van der Waals surface area contributed by atoms with Crippen molar-refractivity contribution in [1.82, 2.24) is 4.98 Å². The van der Waals surface area contributed by atoms with E-state index in [1.807, 2.05) is 0 Å². The van der Waals surface area contributed by atoms with Crippen molar-refractivity contribution in [2.24, 2.45) is 0 Å². The lowest BCUT2D eigenvalue weighted by Crippen LogP contribution is -2.27. The number of fused-ring (bicyclic) bond motifs is 1. The summed E-state index contributed by atoms with van der Waals surface area (Å²) in [5.41, 5.74) is 2.39. The topological polar surface area (TPSA) is 16.1 Å². The molecule has 0 unspecified atom stereocenters. The Balaban J connectivity index is 2.32. The highest BCUT2D eigenvalue weighted by Crippen LogP contribution is 2.23. The number of hydrogen-bond donors (Lipinski definition) is 0. The smallest absolute Gasteiger partial charge is 0.132 e. The highest BCUT2D eigenvalue weighted by molar-refractivity contribution is 5.81. The van der Waals surface area contributed by atoms with E-state index in [0.717, 1.165) is 18.6 Å². The molecule has 2 rings (SSSR count). The van der Waals surface area contributed by atoms with Gasteiger partial charge in [-0.25, -0.2) is 4.98 Å². The third-order valence-electron chi connectivity index (χ3n) is 3.75. The molecule has 1 aromatic carbocycles. The van der Waals surface area contributed by atoms with Crippen LogP contribution in [0.4, 0.5) is 5.82 Å². The minimum Gasteiger partial charge on any atom is -0.356 e. The number of aromatic nitrogens is 1. The number of hydrogen-bond acceptors (Lipinski definition) is 2. The number of nitrogens with zero attached hydrogens (tertiary/aromatic N) is 2. The van der Waals surface area contributed by atoms with Gasteiger partial charge in [0.2, 0.25) is 0 Å². The number of pyridine rings is 1. The zero-order valence-electron chi connectivity index (χ0n) is 13.0. The molecule has 2 heteroatoms. The molecule has 0 spiro atoms. The minimum atomic E-state index is 1.10. The fraction of sp³-hybridized carbons (Fsp3) is 0.500. The van der Waals surface area contributed by atoms with Crippen molar-refractivity contribution in [3.05, 3.63) is 35.9 Å². The summed E-state index contributed by atoms with van der Waals surface area (Å²) in [5.74, 6) is 1.17. The molecule has 0 fully saturated rings. The van der Waals surface area contributed by atoms with Gasteiger partial charge < -0.3 is 4.90 Å². The van der Waals surface area contributed by atoms with Crippen molar-refractivity contribution in [2.75, 3.05) is 18.0 Å². The molecule has 20 heavy (non-hydrogen) atoms. The zero-order valence-corrected chi connectivity index (χ0v) is 13.0. The van der Waals surface area contributed by atoms with E-state index in [-0.39, 0.29) is 0 Å². The van der Waals surface area contributed by atoms with E-state index in [1.165, 1.54) is 42.5 Å². The van der Waals surface area contributed by atoms with Crippen LogP contribution in [0.5, 0.6) is 0 Å². The zero-order chi connectivity index (χ0) is 14.4. The Labute approximate surface area is 122 Å². The van der Waals surface area contributed by atoms with E-state index < -0.39 is 0 Å². The summed E-state index contributed by atoms with van der Waals surface area (Å²) in [7, 11) is 0. The van der Waals surface area contributed by atoms with Crippen molar-refractivity contribution in [2.45, 2.75) is 46.5 Å². The largest absolute Gasteiger partial charge is 0.356 e. The van der Waals surface area contributed by atoms with Gasteiger partial charge in [-0.05, 0) is 37.5 Å². The third kappa shape index (κ3) is 3.50. The maximum atomic E-state index is 4.91. The van der Waals surface area contributed by atoms with Gasteiger partial charge in [0.15, 0.2) is 0 Å². The average molecular weight is 270 g/mol. The highest BCUT2D eigenvalue weighted by atomic mass is 15.2. The summed E-state index contributed by atoms with van der Waals surface area (Å²) in [5, 5.41) is 1.24. The van der Waals surface area contributed by atoms with Gasteiger partial charge in [0, 0.05) is 18.5 Å². The number of para-hydroxylation sites is 1. The van der Waals surface area contributed by atoms with Gasteiger partial charge in [-0.2, -0.15) is 0 Å². The van der Waals surface area contributed by atoms with Crippen molar-refractivity contribution in [1.29, 1.82) is 0 Å². The second-order valence-electron chi connectivity index (χ2n) is 5.52. The van der Waals surface area contributed by atoms with Crippen LogP contribution in [-0.4, -0.2) is 18.1 Å². The Hall–Kier alpha value is -1.57. The van der Waals surface area contributed by atoms with Crippen molar-refractivity contribution in [3.8, 4) is 0 Å². The van der Waals surface area contributed by atoms with E-state index >= 15 is 0 Å². The summed E-state index contributed by atoms with van der Waals surface area (Å²) >= 11 is 0. The van der Waals surface area contributed by atoms with Crippen molar-refractivity contribution < 1.29 is 0 Å². The van der Waals surface area contributed by atoms with Gasteiger partial charge in [0.05, 0.1) is 5.52 Å². The van der Waals surface area contributed by atoms with Crippen LogP contribution < -0.4 is 4.90 Å². The summed E-state index contributed by atoms with van der Waals surface area (Å²) in [4.78, 5) is 7.37. The van der Waals surface area contributed by atoms with Gasteiger partial charge in [0.1, 0.15) is 5.82 Å². The van der Waals surface area contributed by atoms with Crippen LogP contribution in [0.15, 0.2) is 30.3 Å². The molecule has 0 aliphatic rings. The van der Waals surface area contributed by atoms with Gasteiger partial charge in [-0.3, -0.25) is 0 Å². The molecule has 0 saturated heterocycles. The Morgan fingerprint density at radius 1 is 1.00 bits per heavy atom. The lowest BCUT2D eigenvalue weighted by Gasteiger charge is -2.25. The maximum absolute atomic E-state index is 4.91. The highest BCUT2D eigenvalue weighted by Gasteiger charge is 2.11. The Kier molecular flexibility index (Phi) is 5.40. The predicted octanol–water partition coefficient (Wildman–Crippen LogP) is 4.95. The molecular weight excluding hydrogens is 244 g/mol. The first-order chi connectivity index (χ1) is 9.76. The lowest BCUT2D eigenvalue weighted by molar-refractivity contribution is 0.670. The minimum absolute atomic E-state index is 1.10. The van der Waals surface area contributed by atoms with Crippen LogP contribution >= 0.6 is 0 Å². The summed E-state index contributed by atoms with van der Waals surface area (Å²) in [6.07, 6.45) is 4.93. The quantitative estimate of drug-likeness (QED) is 0.707. The van der Waals surface area contributed by atoms with Crippen LogP contribution in [0.25, 0.3) is 10.9 Å². The summed E-state index contributed by atoms with van der Waals surface area (Å²) in [6, 6.07) is 10.7. The molecule has 0 saturated carbocycles. The molecule has 0 amide bonds. The number of anilines is 1. The molecule has 0 N–H and O–H groups in total. The number of aryl methyl sites for hydroxylation is 1. The SMILES string of the molecule is CCCCN(CCCC)c1nc2ccccc2cc1C. The molecule has 108 valence electrons. The molecule has 1 aromatic heterocycles. The van der Waals surface area contributed by atoms with Crippen LogP contribution in [-0.2, 0) is 0 Å². The summed E-state index contributed by atoms with van der Waals surface area (Å²) < 4.78 is 0. The monoisotopic (exact) mass is 270 g/mol. The maximum Gasteiger partial charge on any atom is 0.132 e. The Morgan fingerprint density at radius 2 is 1.65 bits per heavy atom. The first-order valence-corrected chi connectivity index (χ1v) is 7.87. The predicted molar refractivity (Wildman–Crippen MR) is 88.5 cm³/mol. The first-order valence-electron chi connectivity index (χ1n) is 7.87. The molecule has 1 heterocycles. The molecule has 2 aromatic rings. The molecular formula is C18H26N2. The molecule has 0 bridgehead atoms. The number of unbranched alkanes of at least 4 members (excludes halogenated alkanes) is 2. The fourth-order valence-electron chi connectivity index (χ4n) is 2.55. The number of rotatable bonds is 7. The van der Waals surface area contributed by atoms with Gasteiger partial charge in [-0.15, -0.1) is 0 Å². The van der Waals surface area contributed by atoms with E-state index in [4.69, 9.17) is 4.98 Å². The fourth-order valence-corrected chi connectivity index (χ4v) is 2.55. The van der Waals surface area contributed by atoms with Crippen LogP contribution in [0.2, 0.25) is 0 Å². The van der Waals surface area contributed by atoms with Crippen LogP contribution in [0, 0.1) is 6.92 Å². The molecule has 0 aliphatic heterocycles. The third-order valence-corrected chi connectivity index (χ3v) is 3.75. The molecule has 2 nitrogen and oxygen atoms in total. The van der Waals surface area contributed by atoms with Gasteiger partial charge in [-0.1, -0.05) is 44.9 Å². The first kappa shape index (κ1) is 14.8. The van der Waals surface area contributed by atoms with Gasteiger partial charge >= 0.3 is 0 Å².